The maximum Gasteiger partial charge on any atom is 0.255 e. The summed E-state index contributed by atoms with van der Waals surface area (Å²) in [6.45, 7) is 0. The Morgan fingerprint density at radius 1 is 1.21 bits per heavy atom. The molecule has 0 bridgehead atoms. The van der Waals surface area contributed by atoms with Gasteiger partial charge in [-0.15, -0.1) is 0 Å². The number of amides is 1. The maximum absolute atomic E-state index is 12.0. The van der Waals surface area contributed by atoms with Crippen LogP contribution in [0.3, 0.4) is 0 Å². The maximum atomic E-state index is 12.0. The van der Waals surface area contributed by atoms with Crippen LogP contribution in [0.4, 0.5) is 5.69 Å². The first-order valence-electron chi connectivity index (χ1n) is 5.42. The smallest absolute Gasteiger partial charge is 0.255 e. The number of halogens is 2. The van der Waals surface area contributed by atoms with Gasteiger partial charge in [-0.1, -0.05) is 23.7 Å². The molecule has 96 valence electrons. The molecule has 1 amide bonds. The summed E-state index contributed by atoms with van der Waals surface area (Å²) >= 11 is 9.20. The monoisotopic (exact) mass is 337 g/mol. The van der Waals surface area contributed by atoms with Crippen LogP contribution in [0.25, 0.3) is 0 Å². The van der Waals surface area contributed by atoms with E-state index in [1.54, 1.807) is 42.5 Å². The summed E-state index contributed by atoms with van der Waals surface area (Å²) in [6, 6.07) is 11.6. The third-order valence-electron chi connectivity index (χ3n) is 2.46. The second-order valence-electron chi connectivity index (χ2n) is 3.83. The summed E-state index contributed by atoms with van der Waals surface area (Å²) in [7, 11) is 0. The third-order valence-corrected chi connectivity index (χ3v) is 3.69. The molecule has 2 aromatic rings. The van der Waals surface area contributed by atoms with E-state index in [1.165, 1.54) is 0 Å². The van der Waals surface area contributed by atoms with Gasteiger partial charge in [-0.25, -0.2) is 0 Å². The third kappa shape index (κ3) is 3.43. The van der Waals surface area contributed by atoms with E-state index in [4.69, 9.17) is 11.6 Å². The minimum atomic E-state index is -0.280. The van der Waals surface area contributed by atoms with Gasteiger partial charge < -0.3 is 5.32 Å². The van der Waals surface area contributed by atoms with Crippen LogP contribution in [0, 0.1) is 0 Å². The van der Waals surface area contributed by atoms with Crippen LogP contribution >= 0.6 is 27.5 Å². The van der Waals surface area contributed by atoms with Gasteiger partial charge in [-0.05, 0) is 46.3 Å². The van der Waals surface area contributed by atoms with Crippen LogP contribution in [0.5, 0.6) is 0 Å². The van der Waals surface area contributed by atoms with Gasteiger partial charge in [0.15, 0.2) is 0 Å². The summed E-state index contributed by atoms with van der Waals surface area (Å²) in [4.78, 5) is 22.7. The molecule has 0 saturated heterocycles. The van der Waals surface area contributed by atoms with Gasteiger partial charge in [0.2, 0.25) is 0 Å². The van der Waals surface area contributed by atoms with Gasteiger partial charge >= 0.3 is 0 Å². The molecule has 3 nitrogen and oxygen atoms in total. The topological polar surface area (TPSA) is 46.2 Å². The summed E-state index contributed by atoms with van der Waals surface area (Å²) in [5, 5.41) is 3.17. The highest BCUT2D eigenvalue weighted by atomic mass is 79.9. The Hall–Kier alpha value is -1.65. The molecule has 2 rings (SSSR count). The van der Waals surface area contributed by atoms with Crippen molar-refractivity contribution in [1.29, 1.82) is 0 Å². The van der Waals surface area contributed by atoms with Crippen molar-refractivity contribution in [1.82, 2.24) is 0 Å². The van der Waals surface area contributed by atoms with Crippen molar-refractivity contribution >= 4 is 45.4 Å². The zero-order valence-electron chi connectivity index (χ0n) is 9.69. The number of hydrogen-bond acceptors (Lipinski definition) is 2. The lowest BCUT2D eigenvalue weighted by atomic mass is 10.2. The van der Waals surface area contributed by atoms with Crippen LogP contribution in [-0.2, 0) is 0 Å². The Bertz CT molecular complexity index is 643. The molecule has 0 aromatic heterocycles. The number of benzene rings is 2. The fourth-order valence-electron chi connectivity index (χ4n) is 1.53. The van der Waals surface area contributed by atoms with Crippen LogP contribution in [-0.4, -0.2) is 12.2 Å². The minimum Gasteiger partial charge on any atom is -0.322 e. The van der Waals surface area contributed by atoms with Gasteiger partial charge in [0.25, 0.3) is 5.91 Å². The molecule has 0 spiro atoms. The molecule has 0 aliphatic rings. The molecule has 0 aliphatic carbocycles. The summed E-state index contributed by atoms with van der Waals surface area (Å²) in [5.41, 5.74) is 1.52. The number of rotatable bonds is 3. The average molecular weight is 339 g/mol. The van der Waals surface area contributed by atoms with E-state index < -0.39 is 0 Å². The molecular formula is C14H9BrClNO2. The van der Waals surface area contributed by atoms with Crippen molar-refractivity contribution in [3.8, 4) is 0 Å². The normalized spacial score (nSPS) is 10.0. The number of aldehydes is 1. The molecule has 0 heterocycles. The Kier molecular flexibility index (Phi) is 4.35. The lowest BCUT2D eigenvalue weighted by Crippen LogP contribution is -2.11. The number of carbonyl (C=O) groups excluding carboxylic acids is 2. The summed E-state index contributed by atoms with van der Waals surface area (Å²) < 4.78 is 0.730. The summed E-state index contributed by atoms with van der Waals surface area (Å²) in [5.74, 6) is -0.280. The van der Waals surface area contributed by atoms with Gasteiger partial charge in [-0.2, -0.15) is 0 Å². The van der Waals surface area contributed by atoms with Crippen molar-refractivity contribution in [3.63, 3.8) is 0 Å². The molecule has 0 aliphatic heterocycles. The molecule has 0 saturated carbocycles. The highest BCUT2D eigenvalue weighted by Crippen LogP contribution is 2.23. The van der Waals surface area contributed by atoms with Crippen molar-refractivity contribution in [2.45, 2.75) is 0 Å². The van der Waals surface area contributed by atoms with E-state index in [-0.39, 0.29) is 5.91 Å². The second-order valence-corrected chi connectivity index (χ2v) is 5.09. The van der Waals surface area contributed by atoms with Crippen molar-refractivity contribution in [2.24, 2.45) is 0 Å². The van der Waals surface area contributed by atoms with Gasteiger partial charge in [0.1, 0.15) is 6.29 Å². The molecule has 19 heavy (non-hydrogen) atoms. The predicted molar refractivity (Wildman–Crippen MR) is 78.9 cm³/mol. The average Bonchev–Trinajstić information content (AvgIpc) is 2.42. The first-order valence-corrected chi connectivity index (χ1v) is 6.59. The molecule has 2 aromatic carbocycles. The number of anilines is 1. The van der Waals surface area contributed by atoms with Crippen LogP contribution in [0.15, 0.2) is 46.9 Å². The molecule has 0 radical (unpaired) electrons. The van der Waals surface area contributed by atoms with E-state index in [9.17, 15) is 9.59 Å². The van der Waals surface area contributed by atoms with Crippen molar-refractivity contribution in [2.75, 3.05) is 5.32 Å². The largest absolute Gasteiger partial charge is 0.322 e. The van der Waals surface area contributed by atoms with Gasteiger partial charge in [-0.3, -0.25) is 9.59 Å². The number of carbonyl (C=O) groups is 2. The first kappa shape index (κ1) is 13.8. The molecule has 0 unspecified atom stereocenters. The highest BCUT2D eigenvalue weighted by Gasteiger charge is 2.08. The zero-order valence-corrected chi connectivity index (χ0v) is 12.0. The molecule has 0 atom stereocenters. The van der Waals surface area contributed by atoms with Crippen LogP contribution < -0.4 is 5.32 Å². The minimum absolute atomic E-state index is 0.280. The molecular weight excluding hydrogens is 330 g/mol. The second kappa shape index (κ2) is 5.99. The van der Waals surface area contributed by atoms with E-state index in [0.717, 1.165) is 10.8 Å². The van der Waals surface area contributed by atoms with Crippen molar-refractivity contribution in [3.05, 3.63) is 63.1 Å². The highest BCUT2D eigenvalue weighted by molar-refractivity contribution is 9.10. The Morgan fingerprint density at radius 2 is 2.00 bits per heavy atom. The predicted octanol–water partition coefficient (Wildman–Crippen LogP) is 4.17. The van der Waals surface area contributed by atoms with E-state index in [0.29, 0.717) is 21.8 Å². The van der Waals surface area contributed by atoms with Gasteiger partial charge in [0, 0.05) is 21.3 Å². The standard InChI is InChI=1S/C14H9BrClNO2/c15-12-5-4-10(7-13(12)16)14(19)17-11-3-1-2-9(6-11)8-18/h1-8H,(H,17,19). The summed E-state index contributed by atoms with van der Waals surface area (Å²) in [6.07, 6.45) is 0.728. The SMILES string of the molecule is O=Cc1cccc(NC(=O)c2ccc(Br)c(Cl)c2)c1. The lowest BCUT2D eigenvalue weighted by Gasteiger charge is -2.06. The van der Waals surface area contributed by atoms with Crippen LogP contribution in [0.2, 0.25) is 5.02 Å². The molecule has 0 fully saturated rings. The molecule has 1 N–H and O–H groups in total. The first-order chi connectivity index (χ1) is 9.10. The Morgan fingerprint density at radius 3 is 2.68 bits per heavy atom. The van der Waals surface area contributed by atoms with E-state index in [1.807, 2.05) is 0 Å². The van der Waals surface area contributed by atoms with Crippen molar-refractivity contribution < 1.29 is 9.59 Å². The van der Waals surface area contributed by atoms with E-state index >= 15 is 0 Å². The van der Waals surface area contributed by atoms with E-state index in [2.05, 4.69) is 21.2 Å². The quantitative estimate of drug-likeness (QED) is 0.854. The Labute approximate surface area is 123 Å². The van der Waals surface area contributed by atoms with Crippen LogP contribution in [0.1, 0.15) is 20.7 Å². The number of nitrogens with one attached hydrogen (secondary N) is 1. The lowest BCUT2D eigenvalue weighted by molar-refractivity contribution is 0.102. The molecule has 5 heteroatoms. The Balaban J connectivity index is 2.20. The zero-order chi connectivity index (χ0) is 13.8. The van der Waals surface area contributed by atoms with Gasteiger partial charge in [0.05, 0.1) is 5.02 Å². The fraction of sp³-hybridized carbons (Fsp3) is 0. The number of hydrogen-bond donors (Lipinski definition) is 1. The fourth-order valence-corrected chi connectivity index (χ4v) is 1.96.